The van der Waals surface area contributed by atoms with E-state index >= 15 is 0 Å². The molecule has 0 saturated carbocycles. The van der Waals surface area contributed by atoms with Crippen molar-refractivity contribution >= 4 is 12.0 Å². The number of likely N-dealkylation sites (tertiary alicyclic amines) is 1. The summed E-state index contributed by atoms with van der Waals surface area (Å²) < 4.78 is 1.83. The maximum Gasteiger partial charge on any atom is 0.244 e. The van der Waals surface area contributed by atoms with Crippen LogP contribution >= 0.6 is 0 Å². The lowest BCUT2D eigenvalue weighted by molar-refractivity contribution is -0.116. The van der Waals surface area contributed by atoms with E-state index in [1.165, 1.54) is 31.5 Å². The van der Waals surface area contributed by atoms with Gasteiger partial charge in [0.05, 0.1) is 5.69 Å². The predicted octanol–water partition coefficient (Wildman–Crippen LogP) is 2.96. The molecule has 1 N–H and O–H groups in total. The van der Waals surface area contributed by atoms with E-state index in [4.69, 9.17) is 0 Å². The van der Waals surface area contributed by atoms with Gasteiger partial charge in [-0.25, -0.2) is 0 Å². The fraction of sp³-hybridized carbons (Fsp3) is 0.429. The zero-order chi connectivity index (χ0) is 18.5. The van der Waals surface area contributed by atoms with Gasteiger partial charge in [0.2, 0.25) is 5.91 Å². The molecule has 0 aliphatic carbocycles. The summed E-state index contributed by atoms with van der Waals surface area (Å²) >= 11 is 0. The average molecular weight is 352 g/mol. The first kappa shape index (κ1) is 18.4. The van der Waals surface area contributed by atoms with Crippen molar-refractivity contribution in [3.05, 3.63) is 58.4 Å². The third-order valence-corrected chi connectivity index (χ3v) is 5.06. The highest BCUT2D eigenvalue weighted by Gasteiger charge is 2.11. The number of benzene rings is 1. The highest BCUT2D eigenvalue weighted by Crippen LogP contribution is 2.14. The third kappa shape index (κ3) is 4.61. The number of carbonyl (C=O) groups is 1. The van der Waals surface area contributed by atoms with Gasteiger partial charge in [0, 0.05) is 37.5 Å². The number of carbonyl (C=O) groups excluding carboxylic acids is 1. The van der Waals surface area contributed by atoms with Crippen molar-refractivity contribution in [2.75, 3.05) is 13.1 Å². The molecular weight excluding hydrogens is 324 g/mol. The first-order chi connectivity index (χ1) is 12.5. The summed E-state index contributed by atoms with van der Waals surface area (Å²) in [7, 11) is 1.91. The summed E-state index contributed by atoms with van der Waals surface area (Å²) in [6, 6.07) is 8.53. The number of nitrogens with one attached hydrogen (secondary N) is 1. The van der Waals surface area contributed by atoms with Crippen LogP contribution in [0, 0.1) is 13.8 Å². The number of rotatable bonds is 6. The van der Waals surface area contributed by atoms with Crippen molar-refractivity contribution in [2.45, 2.75) is 39.8 Å². The minimum absolute atomic E-state index is 0.0891. The molecule has 0 atom stereocenters. The molecule has 0 spiro atoms. The predicted molar refractivity (Wildman–Crippen MR) is 105 cm³/mol. The molecular formula is C21H28N4O. The van der Waals surface area contributed by atoms with Crippen LogP contribution in [0.15, 0.2) is 30.3 Å². The molecule has 0 radical (unpaired) electrons. The fourth-order valence-electron chi connectivity index (χ4n) is 3.40. The lowest BCUT2D eigenvalue weighted by Crippen LogP contribution is -2.20. The van der Waals surface area contributed by atoms with Crippen LogP contribution in [0.2, 0.25) is 0 Å². The summed E-state index contributed by atoms with van der Waals surface area (Å²) in [6.45, 7) is 7.94. The second-order valence-corrected chi connectivity index (χ2v) is 7.06. The van der Waals surface area contributed by atoms with Crippen molar-refractivity contribution in [2.24, 2.45) is 7.05 Å². The van der Waals surface area contributed by atoms with Crippen LogP contribution in [-0.4, -0.2) is 33.7 Å². The molecule has 5 heteroatoms. The Morgan fingerprint density at radius 2 is 1.81 bits per heavy atom. The Morgan fingerprint density at radius 3 is 2.42 bits per heavy atom. The number of nitrogens with zero attached hydrogens (tertiary/aromatic N) is 3. The van der Waals surface area contributed by atoms with Gasteiger partial charge in [0.1, 0.15) is 0 Å². The molecule has 26 heavy (non-hydrogen) atoms. The van der Waals surface area contributed by atoms with Crippen LogP contribution in [0.4, 0.5) is 0 Å². The SMILES string of the molecule is Cc1nn(C)c(C)c1/C=C/C(=O)NCc1ccc(CN2CCCC2)cc1. The summed E-state index contributed by atoms with van der Waals surface area (Å²) in [5.41, 5.74) is 5.45. The highest BCUT2D eigenvalue weighted by atomic mass is 16.1. The standard InChI is InChI=1S/C21H28N4O/c1-16-20(17(2)24(3)23-16)10-11-21(26)22-14-18-6-8-19(9-7-18)15-25-12-4-5-13-25/h6-11H,4-5,12-15H2,1-3H3,(H,22,26)/b11-10+. The van der Waals surface area contributed by atoms with E-state index in [9.17, 15) is 4.79 Å². The largest absolute Gasteiger partial charge is 0.348 e. The molecule has 0 bridgehead atoms. The van der Waals surface area contributed by atoms with Crippen LogP contribution in [0.5, 0.6) is 0 Å². The van der Waals surface area contributed by atoms with E-state index in [1.54, 1.807) is 6.08 Å². The normalized spacial score (nSPS) is 15.0. The zero-order valence-corrected chi connectivity index (χ0v) is 16.0. The summed E-state index contributed by atoms with van der Waals surface area (Å²) in [6.07, 6.45) is 6.05. The van der Waals surface area contributed by atoms with Crippen molar-refractivity contribution in [1.82, 2.24) is 20.0 Å². The molecule has 1 aliphatic heterocycles. The van der Waals surface area contributed by atoms with E-state index in [-0.39, 0.29) is 5.91 Å². The Morgan fingerprint density at radius 1 is 1.15 bits per heavy atom. The lowest BCUT2D eigenvalue weighted by atomic mass is 10.1. The Hall–Kier alpha value is -2.40. The van der Waals surface area contributed by atoms with Gasteiger partial charge in [-0.15, -0.1) is 0 Å². The first-order valence-electron chi connectivity index (χ1n) is 9.29. The van der Waals surface area contributed by atoms with E-state index < -0.39 is 0 Å². The maximum absolute atomic E-state index is 12.1. The third-order valence-electron chi connectivity index (χ3n) is 5.06. The second-order valence-electron chi connectivity index (χ2n) is 7.06. The van der Waals surface area contributed by atoms with Gasteiger partial charge >= 0.3 is 0 Å². The van der Waals surface area contributed by atoms with Gasteiger partial charge in [-0.2, -0.15) is 5.10 Å². The minimum atomic E-state index is -0.0891. The zero-order valence-electron chi connectivity index (χ0n) is 16.0. The Balaban J connectivity index is 1.50. The summed E-state index contributed by atoms with van der Waals surface area (Å²) in [5, 5.41) is 7.30. The summed E-state index contributed by atoms with van der Waals surface area (Å²) in [4.78, 5) is 14.6. The number of hydrogen-bond donors (Lipinski definition) is 1. The molecule has 2 heterocycles. The molecule has 1 aromatic heterocycles. The Kier molecular flexibility index (Phi) is 5.89. The lowest BCUT2D eigenvalue weighted by Gasteiger charge is -2.14. The van der Waals surface area contributed by atoms with Crippen LogP contribution < -0.4 is 5.32 Å². The maximum atomic E-state index is 12.1. The summed E-state index contributed by atoms with van der Waals surface area (Å²) in [5.74, 6) is -0.0891. The van der Waals surface area contributed by atoms with E-state index in [2.05, 4.69) is 39.6 Å². The molecule has 1 fully saturated rings. The molecule has 1 aliphatic rings. The molecule has 3 rings (SSSR count). The van der Waals surface area contributed by atoms with Crippen molar-refractivity contribution in [3.8, 4) is 0 Å². The van der Waals surface area contributed by atoms with Gasteiger partial charge in [0.15, 0.2) is 0 Å². The highest BCUT2D eigenvalue weighted by molar-refractivity contribution is 5.91. The van der Waals surface area contributed by atoms with Gasteiger partial charge in [-0.05, 0) is 57.0 Å². The van der Waals surface area contributed by atoms with Gasteiger partial charge in [-0.1, -0.05) is 24.3 Å². The minimum Gasteiger partial charge on any atom is -0.348 e. The smallest absolute Gasteiger partial charge is 0.244 e. The fourth-order valence-corrected chi connectivity index (χ4v) is 3.40. The molecule has 1 amide bonds. The van der Waals surface area contributed by atoms with E-state index in [0.717, 1.165) is 29.1 Å². The number of aromatic nitrogens is 2. The van der Waals surface area contributed by atoms with E-state index in [0.29, 0.717) is 6.54 Å². The Labute approximate surface area is 155 Å². The van der Waals surface area contributed by atoms with Gasteiger partial charge in [0.25, 0.3) is 0 Å². The van der Waals surface area contributed by atoms with Crippen LogP contribution in [-0.2, 0) is 24.9 Å². The Bertz CT molecular complexity index is 783. The monoisotopic (exact) mass is 352 g/mol. The molecule has 1 saturated heterocycles. The second kappa shape index (κ2) is 8.32. The van der Waals surface area contributed by atoms with Crippen LogP contribution in [0.3, 0.4) is 0 Å². The number of aryl methyl sites for hydroxylation is 2. The van der Waals surface area contributed by atoms with Crippen LogP contribution in [0.25, 0.3) is 6.08 Å². The average Bonchev–Trinajstić information content (AvgIpc) is 3.21. The number of amides is 1. The molecule has 0 unspecified atom stereocenters. The molecule has 2 aromatic rings. The molecule has 138 valence electrons. The number of hydrogen-bond acceptors (Lipinski definition) is 3. The topological polar surface area (TPSA) is 50.2 Å². The quantitative estimate of drug-likeness (QED) is 0.813. The first-order valence-corrected chi connectivity index (χ1v) is 9.29. The molecule has 1 aromatic carbocycles. The van der Waals surface area contributed by atoms with Crippen LogP contribution in [0.1, 0.15) is 40.9 Å². The molecule has 5 nitrogen and oxygen atoms in total. The van der Waals surface area contributed by atoms with Crippen molar-refractivity contribution < 1.29 is 4.79 Å². The van der Waals surface area contributed by atoms with Crippen molar-refractivity contribution in [1.29, 1.82) is 0 Å². The van der Waals surface area contributed by atoms with E-state index in [1.807, 2.05) is 31.7 Å². The van der Waals surface area contributed by atoms with Crippen molar-refractivity contribution in [3.63, 3.8) is 0 Å². The van der Waals surface area contributed by atoms with Gasteiger partial charge in [-0.3, -0.25) is 14.4 Å². The van der Waals surface area contributed by atoms with Gasteiger partial charge < -0.3 is 5.32 Å².